The molecule has 0 radical (unpaired) electrons. The SMILES string of the molecule is CC(=O)O[C@@H]([C@@H]1O[C@](OC(C)=O)(C(=O)O)C[C@H](O)[C@H]1NC(=O)CO)[C@H](O)CO. The maximum atomic E-state index is 11.7. The van der Waals surface area contributed by atoms with Crippen molar-refractivity contribution in [3.8, 4) is 0 Å². The van der Waals surface area contributed by atoms with Crippen LogP contribution in [0.5, 0.6) is 0 Å². The van der Waals surface area contributed by atoms with Crippen molar-refractivity contribution >= 4 is 23.8 Å². The van der Waals surface area contributed by atoms with Gasteiger partial charge in [0.1, 0.15) is 18.8 Å². The third-order valence-corrected chi connectivity index (χ3v) is 3.87. The van der Waals surface area contributed by atoms with E-state index in [-0.39, 0.29) is 0 Å². The molecule has 1 aliphatic rings. The molecular weight excluding hydrogens is 386 g/mol. The van der Waals surface area contributed by atoms with Gasteiger partial charge in [-0.25, -0.2) is 4.79 Å². The van der Waals surface area contributed by atoms with Crippen LogP contribution < -0.4 is 5.32 Å². The van der Waals surface area contributed by atoms with E-state index in [1.807, 2.05) is 0 Å². The zero-order valence-electron chi connectivity index (χ0n) is 15.1. The summed E-state index contributed by atoms with van der Waals surface area (Å²) in [4.78, 5) is 46.0. The highest BCUT2D eigenvalue weighted by atomic mass is 16.7. The highest BCUT2D eigenvalue weighted by Crippen LogP contribution is 2.34. The van der Waals surface area contributed by atoms with Gasteiger partial charge in [-0.1, -0.05) is 0 Å². The van der Waals surface area contributed by atoms with Crippen LogP contribution in [0.25, 0.3) is 0 Å². The molecular formula is C15H23NO12. The number of aliphatic hydroxyl groups excluding tert-OH is 4. The van der Waals surface area contributed by atoms with Crippen molar-refractivity contribution in [3.05, 3.63) is 0 Å². The van der Waals surface area contributed by atoms with E-state index in [1.54, 1.807) is 0 Å². The number of amides is 1. The summed E-state index contributed by atoms with van der Waals surface area (Å²) >= 11 is 0. The first-order chi connectivity index (χ1) is 13.0. The van der Waals surface area contributed by atoms with Gasteiger partial charge in [-0.3, -0.25) is 14.4 Å². The van der Waals surface area contributed by atoms with Crippen molar-refractivity contribution in [1.29, 1.82) is 0 Å². The second-order valence-corrected chi connectivity index (χ2v) is 6.08. The molecule has 1 saturated heterocycles. The number of aliphatic hydroxyl groups is 4. The molecule has 0 aliphatic carbocycles. The van der Waals surface area contributed by atoms with Crippen LogP contribution in [0.2, 0.25) is 0 Å². The third-order valence-electron chi connectivity index (χ3n) is 3.87. The molecule has 6 N–H and O–H groups in total. The predicted molar refractivity (Wildman–Crippen MR) is 85.3 cm³/mol. The zero-order chi connectivity index (χ0) is 21.6. The maximum Gasteiger partial charge on any atom is 0.377 e. The number of hydrogen-bond acceptors (Lipinski definition) is 11. The molecule has 28 heavy (non-hydrogen) atoms. The van der Waals surface area contributed by atoms with Crippen LogP contribution in [-0.4, -0.2) is 98.8 Å². The standard InChI is InChI=1S/C15H23NO12/c1-6(19)26-12(9(22)4-17)13-11(16-10(23)5-18)8(21)3-15(28-13,14(24)25)27-7(2)20/h8-9,11-13,17-18,21-22H,3-5H2,1-2H3,(H,16,23)(H,24,25)/t8-,9+,11+,12+,13+,15-/m0/s1. The molecule has 0 aromatic carbocycles. The first-order valence-electron chi connectivity index (χ1n) is 8.12. The zero-order valence-corrected chi connectivity index (χ0v) is 15.1. The third kappa shape index (κ3) is 5.59. The topological polar surface area (TPSA) is 209 Å². The summed E-state index contributed by atoms with van der Waals surface area (Å²) in [6, 6.07) is -1.49. The second kappa shape index (κ2) is 9.75. The van der Waals surface area contributed by atoms with E-state index in [4.69, 9.17) is 19.3 Å². The Kier molecular flexibility index (Phi) is 8.26. The van der Waals surface area contributed by atoms with Gasteiger partial charge in [0.05, 0.1) is 25.2 Å². The molecule has 0 bridgehead atoms. The first kappa shape index (κ1) is 23.7. The van der Waals surface area contributed by atoms with Crippen LogP contribution in [0.15, 0.2) is 0 Å². The van der Waals surface area contributed by atoms with Gasteiger partial charge in [0, 0.05) is 13.8 Å². The summed E-state index contributed by atoms with van der Waals surface area (Å²) in [5.74, 6) is -7.55. The summed E-state index contributed by atoms with van der Waals surface area (Å²) in [6.07, 6.45) is -7.90. The lowest BCUT2D eigenvalue weighted by atomic mass is 9.88. The lowest BCUT2D eigenvalue weighted by molar-refractivity contribution is -0.301. The Balaban J connectivity index is 3.42. The van der Waals surface area contributed by atoms with Crippen molar-refractivity contribution in [1.82, 2.24) is 5.32 Å². The quantitative estimate of drug-likeness (QED) is 0.214. The van der Waals surface area contributed by atoms with Crippen molar-refractivity contribution in [2.45, 2.75) is 56.5 Å². The molecule has 6 atom stereocenters. The number of ether oxygens (including phenoxy) is 3. The molecule has 0 saturated carbocycles. The molecule has 0 aromatic heterocycles. The van der Waals surface area contributed by atoms with Crippen molar-refractivity contribution in [2.24, 2.45) is 0 Å². The molecule has 0 spiro atoms. The van der Waals surface area contributed by atoms with E-state index in [0.717, 1.165) is 13.8 Å². The van der Waals surface area contributed by atoms with Gasteiger partial charge in [-0.2, -0.15) is 0 Å². The summed E-state index contributed by atoms with van der Waals surface area (Å²) in [6.45, 7) is -0.109. The highest BCUT2D eigenvalue weighted by Gasteiger charge is 2.58. The van der Waals surface area contributed by atoms with Crippen LogP contribution in [0.4, 0.5) is 0 Å². The van der Waals surface area contributed by atoms with Gasteiger partial charge in [-0.15, -0.1) is 0 Å². The van der Waals surface area contributed by atoms with Crippen molar-refractivity contribution in [2.75, 3.05) is 13.2 Å². The molecule has 13 heteroatoms. The molecule has 1 amide bonds. The van der Waals surface area contributed by atoms with E-state index in [2.05, 4.69) is 5.32 Å². The average molecular weight is 409 g/mol. The molecule has 1 rings (SSSR count). The van der Waals surface area contributed by atoms with Gasteiger partial charge in [-0.05, 0) is 0 Å². The monoisotopic (exact) mass is 409 g/mol. The lowest BCUT2D eigenvalue weighted by Crippen LogP contribution is -2.68. The Labute approximate surface area is 158 Å². The van der Waals surface area contributed by atoms with E-state index in [9.17, 15) is 39.6 Å². The number of nitrogens with one attached hydrogen (secondary N) is 1. The van der Waals surface area contributed by atoms with Gasteiger partial charge in [0.15, 0.2) is 6.10 Å². The first-order valence-corrected chi connectivity index (χ1v) is 8.12. The Morgan fingerprint density at radius 1 is 1.21 bits per heavy atom. The molecule has 0 unspecified atom stereocenters. The van der Waals surface area contributed by atoms with Crippen LogP contribution in [-0.2, 0) is 33.4 Å². The van der Waals surface area contributed by atoms with Crippen LogP contribution >= 0.6 is 0 Å². The molecule has 160 valence electrons. The number of carbonyl (C=O) groups is 4. The Hall–Kier alpha value is -2.32. The number of hydrogen-bond donors (Lipinski definition) is 6. The van der Waals surface area contributed by atoms with Gasteiger partial charge >= 0.3 is 23.7 Å². The average Bonchev–Trinajstić information content (AvgIpc) is 2.60. The van der Waals surface area contributed by atoms with Crippen LogP contribution in [0, 0.1) is 0 Å². The van der Waals surface area contributed by atoms with E-state index >= 15 is 0 Å². The minimum atomic E-state index is -2.72. The minimum absolute atomic E-state index is 0.823. The Bertz CT molecular complexity index is 610. The van der Waals surface area contributed by atoms with Crippen LogP contribution in [0.1, 0.15) is 20.3 Å². The summed E-state index contributed by atoms with van der Waals surface area (Å²) in [5, 5.41) is 50.2. The normalized spacial score (nSPS) is 29.3. The maximum absolute atomic E-state index is 11.7. The smallest absolute Gasteiger partial charge is 0.377 e. The summed E-state index contributed by atoms with van der Waals surface area (Å²) in [5.41, 5.74) is 0. The molecule has 13 nitrogen and oxygen atoms in total. The van der Waals surface area contributed by atoms with Gasteiger partial charge < -0.3 is 45.1 Å². The number of rotatable bonds is 8. The van der Waals surface area contributed by atoms with E-state index < -0.39 is 79.7 Å². The lowest BCUT2D eigenvalue weighted by Gasteiger charge is -2.46. The number of carboxylic acid groups (broad SMARTS) is 1. The van der Waals surface area contributed by atoms with E-state index in [1.165, 1.54) is 0 Å². The molecule has 1 fully saturated rings. The largest absolute Gasteiger partial charge is 0.476 e. The van der Waals surface area contributed by atoms with Crippen molar-refractivity contribution < 1.29 is 58.9 Å². The molecule has 1 aliphatic heterocycles. The molecule has 0 aromatic rings. The summed E-state index contributed by atoms with van der Waals surface area (Å²) < 4.78 is 14.9. The number of carboxylic acids is 1. The fourth-order valence-corrected chi connectivity index (χ4v) is 2.78. The Morgan fingerprint density at radius 3 is 2.25 bits per heavy atom. The fourth-order valence-electron chi connectivity index (χ4n) is 2.78. The summed E-state index contributed by atoms with van der Waals surface area (Å²) in [7, 11) is 0. The van der Waals surface area contributed by atoms with Crippen molar-refractivity contribution in [3.63, 3.8) is 0 Å². The number of carbonyl (C=O) groups excluding carboxylic acids is 3. The number of aliphatic carboxylic acids is 1. The van der Waals surface area contributed by atoms with Gasteiger partial charge in [0.2, 0.25) is 5.91 Å². The minimum Gasteiger partial charge on any atom is -0.476 e. The van der Waals surface area contributed by atoms with Crippen LogP contribution in [0.3, 0.4) is 0 Å². The highest BCUT2D eigenvalue weighted by molar-refractivity contribution is 5.80. The van der Waals surface area contributed by atoms with E-state index in [0.29, 0.717) is 0 Å². The second-order valence-electron chi connectivity index (χ2n) is 6.08. The molecule has 1 heterocycles. The van der Waals surface area contributed by atoms with Gasteiger partial charge in [0.25, 0.3) is 0 Å². The number of esters is 2. The predicted octanol–water partition coefficient (Wildman–Crippen LogP) is -3.76. The Morgan fingerprint density at radius 2 is 1.82 bits per heavy atom. The fraction of sp³-hybridized carbons (Fsp3) is 0.733.